The van der Waals surface area contributed by atoms with Gasteiger partial charge < -0.3 is 9.47 Å². The Morgan fingerprint density at radius 1 is 1.48 bits per heavy atom. The van der Waals surface area contributed by atoms with Crippen molar-refractivity contribution in [3.05, 3.63) is 17.0 Å². The SMILES string of the molecule is CCOC(=O)c1nn(CC(=O)OC)c2c1[C@@H]1C[C@@H]1C2(F)F. The van der Waals surface area contributed by atoms with Crippen LogP contribution in [0, 0.1) is 5.92 Å². The lowest BCUT2D eigenvalue weighted by molar-refractivity contribution is -0.141. The summed E-state index contributed by atoms with van der Waals surface area (Å²) in [4.78, 5) is 23.2. The molecule has 8 heteroatoms. The number of rotatable bonds is 4. The van der Waals surface area contributed by atoms with Gasteiger partial charge in [-0.2, -0.15) is 13.9 Å². The molecule has 0 aromatic carbocycles. The molecule has 0 saturated heterocycles. The number of carbonyl (C=O) groups is 2. The molecule has 114 valence electrons. The molecule has 0 amide bonds. The van der Waals surface area contributed by atoms with Crippen LogP contribution in [-0.2, 0) is 26.7 Å². The smallest absolute Gasteiger partial charge is 0.359 e. The van der Waals surface area contributed by atoms with Gasteiger partial charge in [-0.1, -0.05) is 0 Å². The summed E-state index contributed by atoms with van der Waals surface area (Å²) in [7, 11) is 1.16. The van der Waals surface area contributed by atoms with Gasteiger partial charge in [0.25, 0.3) is 5.92 Å². The first-order valence-corrected chi connectivity index (χ1v) is 6.64. The van der Waals surface area contributed by atoms with E-state index in [4.69, 9.17) is 4.74 Å². The number of fused-ring (bicyclic) bond motifs is 3. The molecule has 0 radical (unpaired) electrons. The van der Waals surface area contributed by atoms with Crippen LogP contribution in [0.4, 0.5) is 8.78 Å². The molecule has 21 heavy (non-hydrogen) atoms. The zero-order valence-corrected chi connectivity index (χ0v) is 11.6. The number of aromatic nitrogens is 2. The van der Waals surface area contributed by atoms with E-state index in [1.807, 2.05) is 0 Å². The Balaban J connectivity index is 2.07. The molecule has 1 heterocycles. The van der Waals surface area contributed by atoms with Crippen molar-refractivity contribution in [3.8, 4) is 0 Å². The number of halogens is 2. The average Bonchev–Trinajstić information content (AvgIpc) is 3.09. The Bertz CT molecular complexity index is 626. The number of carbonyl (C=O) groups excluding carboxylic acids is 2. The fraction of sp³-hybridized carbons (Fsp3) is 0.615. The minimum atomic E-state index is -3.08. The van der Waals surface area contributed by atoms with E-state index in [-0.39, 0.29) is 29.5 Å². The summed E-state index contributed by atoms with van der Waals surface area (Å²) in [5, 5.41) is 3.87. The van der Waals surface area contributed by atoms with Crippen LogP contribution in [0.25, 0.3) is 0 Å². The molecule has 0 bridgehead atoms. The average molecular weight is 300 g/mol. The number of alkyl halides is 2. The molecule has 2 atom stereocenters. The topological polar surface area (TPSA) is 70.4 Å². The van der Waals surface area contributed by atoms with Crippen LogP contribution < -0.4 is 0 Å². The van der Waals surface area contributed by atoms with Crippen LogP contribution in [-0.4, -0.2) is 35.4 Å². The molecule has 2 aliphatic carbocycles. The number of hydrogen-bond acceptors (Lipinski definition) is 5. The quantitative estimate of drug-likeness (QED) is 0.787. The molecular formula is C13H14F2N2O4. The zero-order chi connectivity index (χ0) is 15.4. The third-order valence-corrected chi connectivity index (χ3v) is 3.91. The van der Waals surface area contributed by atoms with Gasteiger partial charge in [-0.25, -0.2) is 4.79 Å². The van der Waals surface area contributed by atoms with E-state index in [2.05, 4.69) is 9.84 Å². The lowest BCUT2D eigenvalue weighted by atomic mass is 10.1. The zero-order valence-electron chi connectivity index (χ0n) is 11.6. The second-order valence-electron chi connectivity index (χ2n) is 5.14. The van der Waals surface area contributed by atoms with E-state index in [0.29, 0.717) is 6.42 Å². The fourth-order valence-corrected chi connectivity index (χ4v) is 2.92. The van der Waals surface area contributed by atoms with E-state index < -0.39 is 30.3 Å². The van der Waals surface area contributed by atoms with E-state index in [9.17, 15) is 18.4 Å². The van der Waals surface area contributed by atoms with Crippen LogP contribution in [0.15, 0.2) is 0 Å². The molecule has 6 nitrogen and oxygen atoms in total. The first-order chi connectivity index (χ1) is 9.91. The maximum atomic E-state index is 14.3. The molecular weight excluding hydrogens is 286 g/mol. The molecule has 1 fully saturated rings. The first kappa shape index (κ1) is 14.0. The number of nitrogens with zero attached hydrogens (tertiary/aromatic N) is 2. The van der Waals surface area contributed by atoms with Crippen molar-refractivity contribution < 1.29 is 27.8 Å². The Morgan fingerprint density at radius 3 is 2.81 bits per heavy atom. The van der Waals surface area contributed by atoms with Crippen LogP contribution >= 0.6 is 0 Å². The third kappa shape index (κ3) is 1.92. The number of methoxy groups -OCH3 is 1. The van der Waals surface area contributed by atoms with Gasteiger partial charge in [0.2, 0.25) is 0 Å². The van der Waals surface area contributed by atoms with Crippen molar-refractivity contribution in [2.45, 2.75) is 31.7 Å². The first-order valence-electron chi connectivity index (χ1n) is 6.64. The van der Waals surface area contributed by atoms with Gasteiger partial charge in [0, 0.05) is 11.5 Å². The highest BCUT2D eigenvalue weighted by Gasteiger charge is 2.67. The Morgan fingerprint density at radius 2 is 2.19 bits per heavy atom. The van der Waals surface area contributed by atoms with Crippen molar-refractivity contribution in [3.63, 3.8) is 0 Å². The van der Waals surface area contributed by atoms with E-state index >= 15 is 0 Å². The van der Waals surface area contributed by atoms with Crippen molar-refractivity contribution in [1.29, 1.82) is 0 Å². The number of hydrogen-bond donors (Lipinski definition) is 0. The second-order valence-corrected chi connectivity index (χ2v) is 5.14. The van der Waals surface area contributed by atoms with Crippen LogP contribution in [0.1, 0.15) is 41.0 Å². The van der Waals surface area contributed by atoms with Crippen LogP contribution in [0.2, 0.25) is 0 Å². The van der Waals surface area contributed by atoms with Crippen molar-refractivity contribution in [2.75, 3.05) is 13.7 Å². The molecule has 0 aliphatic heterocycles. The van der Waals surface area contributed by atoms with E-state index in [1.54, 1.807) is 6.92 Å². The highest BCUT2D eigenvalue weighted by atomic mass is 19.3. The minimum absolute atomic E-state index is 0.111. The summed E-state index contributed by atoms with van der Waals surface area (Å²) in [6.45, 7) is 1.30. The monoisotopic (exact) mass is 300 g/mol. The molecule has 0 N–H and O–H groups in total. The fourth-order valence-electron chi connectivity index (χ4n) is 2.92. The Kier molecular flexibility index (Phi) is 3.00. The normalized spacial score (nSPS) is 24.2. The predicted molar refractivity (Wildman–Crippen MR) is 64.9 cm³/mol. The highest BCUT2D eigenvalue weighted by molar-refractivity contribution is 5.90. The molecule has 1 saturated carbocycles. The summed E-state index contributed by atoms with van der Waals surface area (Å²) < 4.78 is 38.8. The van der Waals surface area contributed by atoms with Gasteiger partial charge in [0.1, 0.15) is 12.2 Å². The predicted octanol–water partition coefficient (Wildman–Crippen LogP) is 1.44. The maximum Gasteiger partial charge on any atom is 0.359 e. The van der Waals surface area contributed by atoms with Gasteiger partial charge >= 0.3 is 11.9 Å². The van der Waals surface area contributed by atoms with E-state index in [0.717, 1.165) is 11.8 Å². The van der Waals surface area contributed by atoms with E-state index in [1.165, 1.54) is 0 Å². The summed E-state index contributed by atoms with van der Waals surface area (Å²) in [6, 6.07) is 0. The number of esters is 2. The molecule has 1 aromatic heterocycles. The van der Waals surface area contributed by atoms with Crippen LogP contribution in [0.3, 0.4) is 0 Å². The van der Waals surface area contributed by atoms with Gasteiger partial charge in [0.05, 0.1) is 13.7 Å². The van der Waals surface area contributed by atoms with Gasteiger partial charge in [0.15, 0.2) is 5.69 Å². The van der Waals surface area contributed by atoms with Crippen molar-refractivity contribution >= 4 is 11.9 Å². The van der Waals surface area contributed by atoms with Gasteiger partial charge in [-0.05, 0) is 19.3 Å². The number of ether oxygens (including phenoxy) is 2. The standard InChI is InChI=1S/C13H14F2N2O4/c1-3-21-12(19)10-9-6-4-7(6)13(14,15)11(9)17(16-10)5-8(18)20-2/h6-7H,3-5H2,1-2H3/t6-,7+/m1/s1. The van der Waals surface area contributed by atoms with Gasteiger partial charge in [-0.15, -0.1) is 0 Å². The third-order valence-electron chi connectivity index (χ3n) is 3.91. The summed E-state index contributed by atoms with van der Waals surface area (Å²) in [5.74, 6) is -5.69. The van der Waals surface area contributed by atoms with Gasteiger partial charge in [-0.3, -0.25) is 9.48 Å². The Labute approximate surface area is 119 Å². The lowest BCUT2D eigenvalue weighted by Gasteiger charge is -2.14. The molecule has 3 rings (SSSR count). The largest absolute Gasteiger partial charge is 0.468 e. The maximum absolute atomic E-state index is 14.3. The van der Waals surface area contributed by atoms with Crippen LogP contribution in [0.5, 0.6) is 0 Å². The second kappa shape index (κ2) is 4.51. The highest BCUT2D eigenvalue weighted by Crippen LogP contribution is 2.67. The molecule has 0 spiro atoms. The summed E-state index contributed by atoms with van der Waals surface area (Å²) in [5.41, 5.74) is -0.231. The lowest BCUT2D eigenvalue weighted by Crippen LogP contribution is -2.23. The molecule has 2 aliphatic rings. The molecule has 1 aromatic rings. The van der Waals surface area contributed by atoms with Crippen molar-refractivity contribution in [1.82, 2.24) is 9.78 Å². The summed E-state index contributed by atoms with van der Waals surface area (Å²) in [6.07, 6.45) is 0.330. The Hall–Kier alpha value is -1.99. The van der Waals surface area contributed by atoms with Crippen molar-refractivity contribution in [2.24, 2.45) is 5.92 Å². The molecule has 0 unspecified atom stereocenters. The minimum Gasteiger partial charge on any atom is -0.468 e. The summed E-state index contributed by atoms with van der Waals surface area (Å²) >= 11 is 0.